The number of hydrogen-bond donors (Lipinski definition) is 1. The van der Waals surface area contributed by atoms with Gasteiger partial charge in [0.2, 0.25) is 0 Å². The molecule has 11 heavy (non-hydrogen) atoms. The van der Waals surface area contributed by atoms with Crippen molar-refractivity contribution in [3.05, 3.63) is 23.9 Å². The van der Waals surface area contributed by atoms with Gasteiger partial charge in [0.05, 0.1) is 5.56 Å². The van der Waals surface area contributed by atoms with Crippen molar-refractivity contribution in [2.24, 2.45) is 0 Å². The standard InChI is InChI=1S/C6H4FNO2S/c7-11-5-2-1-4(3-8-5)6(9)10/h1-3H,(H,9,10). The number of halogens is 1. The van der Waals surface area contributed by atoms with Gasteiger partial charge in [0.25, 0.3) is 0 Å². The van der Waals surface area contributed by atoms with E-state index in [-0.39, 0.29) is 22.7 Å². The van der Waals surface area contributed by atoms with Crippen LogP contribution in [-0.4, -0.2) is 16.1 Å². The second-order valence-electron chi connectivity index (χ2n) is 1.77. The van der Waals surface area contributed by atoms with Crippen molar-refractivity contribution in [2.75, 3.05) is 0 Å². The van der Waals surface area contributed by atoms with Gasteiger partial charge < -0.3 is 5.11 Å². The van der Waals surface area contributed by atoms with Crippen molar-refractivity contribution in [1.29, 1.82) is 0 Å². The van der Waals surface area contributed by atoms with Crippen LogP contribution in [0.3, 0.4) is 0 Å². The summed E-state index contributed by atoms with van der Waals surface area (Å²) >= 11 is -0.0148. The Hall–Kier alpha value is -1.10. The van der Waals surface area contributed by atoms with Crippen molar-refractivity contribution in [1.82, 2.24) is 4.98 Å². The summed E-state index contributed by atoms with van der Waals surface area (Å²) in [5.74, 6) is -1.06. The summed E-state index contributed by atoms with van der Waals surface area (Å²) in [5.41, 5.74) is 0.0581. The van der Waals surface area contributed by atoms with Crippen LogP contribution >= 0.6 is 12.1 Å². The van der Waals surface area contributed by atoms with Crippen LogP contribution < -0.4 is 0 Å². The summed E-state index contributed by atoms with van der Waals surface area (Å²) in [6.45, 7) is 0. The Bertz CT molecular complexity index is 262. The van der Waals surface area contributed by atoms with Crippen LogP contribution in [0.15, 0.2) is 23.4 Å². The van der Waals surface area contributed by atoms with E-state index in [2.05, 4.69) is 4.98 Å². The molecule has 0 bridgehead atoms. The summed E-state index contributed by atoms with van der Waals surface area (Å²) in [7, 11) is 0. The quantitative estimate of drug-likeness (QED) is 0.740. The summed E-state index contributed by atoms with van der Waals surface area (Å²) in [4.78, 5) is 13.8. The Kier molecular flexibility index (Phi) is 2.43. The van der Waals surface area contributed by atoms with Gasteiger partial charge in [-0.05, 0) is 12.1 Å². The summed E-state index contributed by atoms with van der Waals surface area (Å²) in [6.07, 6.45) is 1.12. The molecule has 0 fully saturated rings. The highest BCUT2D eigenvalue weighted by molar-refractivity contribution is 7.94. The number of carbonyl (C=O) groups is 1. The lowest BCUT2D eigenvalue weighted by Crippen LogP contribution is -1.96. The fraction of sp³-hybridized carbons (Fsp3) is 0. The molecule has 0 saturated heterocycles. The Labute approximate surface area is 66.6 Å². The molecule has 0 spiro atoms. The molecule has 1 rings (SSSR count). The first-order valence-electron chi connectivity index (χ1n) is 2.72. The fourth-order valence-corrected chi connectivity index (χ4v) is 0.764. The Morgan fingerprint density at radius 1 is 1.64 bits per heavy atom. The molecule has 0 unspecified atom stereocenters. The normalized spacial score (nSPS) is 9.55. The molecule has 1 heterocycles. The van der Waals surface area contributed by atoms with Crippen molar-refractivity contribution in [3.8, 4) is 0 Å². The van der Waals surface area contributed by atoms with E-state index >= 15 is 0 Å². The highest BCUT2D eigenvalue weighted by Gasteiger charge is 2.02. The lowest BCUT2D eigenvalue weighted by molar-refractivity contribution is 0.0696. The van der Waals surface area contributed by atoms with E-state index in [1.807, 2.05) is 0 Å². The van der Waals surface area contributed by atoms with E-state index in [4.69, 9.17) is 5.11 Å². The molecule has 58 valence electrons. The number of pyridine rings is 1. The van der Waals surface area contributed by atoms with Crippen LogP contribution in [0.2, 0.25) is 0 Å². The zero-order chi connectivity index (χ0) is 8.27. The third-order valence-corrected chi connectivity index (χ3v) is 1.46. The smallest absolute Gasteiger partial charge is 0.337 e. The largest absolute Gasteiger partial charge is 0.478 e. The molecule has 1 N–H and O–H groups in total. The number of aromatic carboxylic acids is 1. The van der Waals surface area contributed by atoms with Crippen LogP contribution in [-0.2, 0) is 0 Å². The van der Waals surface area contributed by atoms with Gasteiger partial charge in [0, 0.05) is 6.20 Å². The van der Waals surface area contributed by atoms with E-state index in [9.17, 15) is 8.68 Å². The fourth-order valence-electron chi connectivity index (χ4n) is 0.552. The number of carboxylic acids is 1. The number of nitrogens with zero attached hydrogens (tertiary/aromatic N) is 1. The van der Waals surface area contributed by atoms with E-state index < -0.39 is 5.97 Å². The van der Waals surface area contributed by atoms with Crippen LogP contribution in [0.4, 0.5) is 3.89 Å². The molecule has 0 atom stereocenters. The molecule has 0 aromatic carbocycles. The molecule has 0 radical (unpaired) electrons. The predicted octanol–water partition coefficient (Wildman–Crippen LogP) is 1.76. The number of aromatic nitrogens is 1. The summed E-state index contributed by atoms with van der Waals surface area (Å²) in [6, 6.07) is 2.62. The van der Waals surface area contributed by atoms with Crippen molar-refractivity contribution in [2.45, 2.75) is 5.03 Å². The molecule has 3 nitrogen and oxygen atoms in total. The molecule has 1 aromatic rings. The minimum absolute atomic E-state index is 0.0148. The first-order valence-corrected chi connectivity index (χ1v) is 3.43. The molecule has 5 heteroatoms. The van der Waals surface area contributed by atoms with E-state index in [0.29, 0.717) is 0 Å². The molecule has 0 aliphatic carbocycles. The number of hydrogen-bond acceptors (Lipinski definition) is 3. The van der Waals surface area contributed by atoms with E-state index in [1.54, 1.807) is 0 Å². The molecule has 0 aliphatic rings. The molecule has 0 amide bonds. The van der Waals surface area contributed by atoms with Crippen molar-refractivity contribution in [3.63, 3.8) is 0 Å². The van der Waals surface area contributed by atoms with Crippen LogP contribution in [0.5, 0.6) is 0 Å². The molecule has 0 saturated carbocycles. The molecular formula is C6H4FNO2S. The first-order chi connectivity index (χ1) is 5.24. The average molecular weight is 173 g/mol. The van der Waals surface area contributed by atoms with Gasteiger partial charge in [-0.3, -0.25) is 0 Å². The second kappa shape index (κ2) is 3.34. The van der Waals surface area contributed by atoms with Crippen LogP contribution in [0.1, 0.15) is 10.4 Å². The summed E-state index contributed by atoms with van der Waals surface area (Å²) < 4.78 is 11.8. The summed E-state index contributed by atoms with van der Waals surface area (Å²) in [5, 5.41) is 8.57. The van der Waals surface area contributed by atoms with E-state index in [1.165, 1.54) is 12.1 Å². The number of carboxylic acid groups (broad SMARTS) is 1. The van der Waals surface area contributed by atoms with Crippen molar-refractivity contribution < 1.29 is 13.8 Å². The van der Waals surface area contributed by atoms with Crippen LogP contribution in [0.25, 0.3) is 0 Å². The third kappa shape index (κ3) is 1.91. The van der Waals surface area contributed by atoms with Gasteiger partial charge >= 0.3 is 5.97 Å². The maximum absolute atomic E-state index is 11.8. The van der Waals surface area contributed by atoms with Gasteiger partial charge in [-0.25, -0.2) is 9.78 Å². The highest BCUT2D eigenvalue weighted by atomic mass is 32.2. The molecule has 0 aliphatic heterocycles. The Balaban J connectivity index is 2.91. The topological polar surface area (TPSA) is 50.2 Å². The first kappa shape index (κ1) is 8.00. The molecule has 1 aromatic heterocycles. The van der Waals surface area contributed by atoms with Gasteiger partial charge in [0.1, 0.15) is 17.2 Å². The zero-order valence-electron chi connectivity index (χ0n) is 5.32. The van der Waals surface area contributed by atoms with Gasteiger partial charge in [0.15, 0.2) is 0 Å². The van der Waals surface area contributed by atoms with E-state index in [0.717, 1.165) is 6.20 Å². The maximum atomic E-state index is 11.8. The van der Waals surface area contributed by atoms with Crippen molar-refractivity contribution >= 4 is 18.1 Å². The lowest BCUT2D eigenvalue weighted by atomic mass is 10.3. The third-order valence-electron chi connectivity index (χ3n) is 1.06. The van der Waals surface area contributed by atoms with Crippen LogP contribution in [0, 0.1) is 0 Å². The monoisotopic (exact) mass is 173 g/mol. The minimum Gasteiger partial charge on any atom is -0.478 e. The lowest BCUT2D eigenvalue weighted by Gasteiger charge is -1.92. The zero-order valence-corrected chi connectivity index (χ0v) is 6.14. The second-order valence-corrected chi connectivity index (χ2v) is 2.34. The van der Waals surface area contributed by atoms with Gasteiger partial charge in [-0.2, -0.15) is 3.89 Å². The molecular weight excluding hydrogens is 169 g/mol. The minimum atomic E-state index is -1.06. The number of rotatable bonds is 2. The predicted molar refractivity (Wildman–Crippen MR) is 38.2 cm³/mol. The van der Waals surface area contributed by atoms with Gasteiger partial charge in [-0.15, -0.1) is 0 Å². The average Bonchev–Trinajstić information content (AvgIpc) is 2.05. The maximum Gasteiger partial charge on any atom is 0.337 e. The highest BCUT2D eigenvalue weighted by Crippen LogP contribution is 2.15. The Morgan fingerprint density at radius 2 is 2.36 bits per heavy atom. The van der Waals surface area contributed by atoms with Gasteiger partial charge in [-0.1, -0.05) is 0 Å². The SMILES string of the molecule is O=C(O)c1ccc(SF)nc1. The Morgan fingerprint density at radius 3 is 2.73 bits per heavy atom.